The van der Waals surface area contributed by atoms with Gasteiger partial charge in [0.15, 0.2) is 5.82 Å². The highest BCUT2D eigenvalue weighted by atomic mass is 19.1. The first-order chi connectivity index (χ1) is 16.5. The van der Waals surface area contributed by atoms with E-state index in [4.69, 9.17) is 9.97 Å². The van der Waals surface area contributed by atoms with Gasteiger partial charge in [0.25, 0.3) is 0 Å². The van der Waals surface area contributed by atoms with Crippen LogP contribution in [0.1, 0.15) is 28.1 Å². The Morgan fingerprint density at radius 1 is 0.912 bits per heavy atom. The fourth-order valence-electron chi connectivity index (χ4n) is 4.31. The van der Waals surface area contributed by atoms with Crippen molar-refractivity contribution in [2.24, 2.45) is 0 Å². The zero-order valence-electron chi connectivity index (χ0n) is 18.6. The monoisotopic (exact) mass is 453 g/mol. The number of amides is 1. The average Bonchev–Trinajstić information content (AvgIpc) is 2.84. The van der Waals surface area contributed by atoms with E-state index in [1.807, 2.05) is 18.2 Å². The fourth-order valence-corrected chi connectivity index (χ4v) is 4.31. The molecule has 0 atom stereocenters. The molecule has 0 bridgehead atoms. The first-order valence-corrected chi connectivity index (χ1v) is 11.4. The molecule has 3 aromatic carbocycles. The summed E-state index contributed by atoms with van der Waals surface area (Å²) in [6.07, 6.45) is 2.85. The normalized spacial score (nSPS) is 12.0. The van der Waals surface area contributed by atoms with Crippen molar-refractivity contribution < 1.29 is 14.3 Å². The Hall–Kier alpha value is -4.06. The van der Waals surface area contributed by atoms with E-state index in [1.165, 1.54) is 11.6 Å². The number of fused-ring (bicyclic) bond motifs is 3. The third-order valence-corrected chi connectivity index (χ3v) is 6.05. The van der Waals surface area contributed by atoms with Crippen molar-refractivity contribution in [3.8, 4) is 17.0 Å². The lowest BCUT2D eigenvalue weighted by Gasteiger charge is -2.21. The summed E-state index contributed by atoms with van der Waals surface area (Å²) in [5.74, 6) is 0.189. The average molecular weight is 454 g/mol. The van der Waals surface area contributed by atoms with Crippen molar-refractivity contribution in [2.45, 2.75) is 32.1 Å². The lowest BCUT2D eigenvalue weighted by Crippen LogP contribution is -2.20. The molecular formula is C28H24FN3O2. The number of rotatable bonds is 6. The molecule has 5 rings (SSSR count). The molecule has 1 amide bonds. The van der Waals surface area contributed by atoms with Crippen molar-refractivity contribution in [1.82, 2.24) is 9.97 Å². The Labute approximate surface area is 197 Å². The minimum atomic E-state index is -0.252. The van der Waals surface area contributed by atoms with Crippen molar-refractivity contribution in [2.75, 3.05) is 5.32 Å². The van der Waals surface area contributed by atoms with Crippen LogP contribution in [0, 0.1) is 5.82 Å². The molecular weight excluding hydrogens is 429 g/mol. The number of nitrogens with one attached hydrogen (secondary N) is 1. The van der Waals surface area contributed by atoms with Crippen molar-refractivity contribution in [3.63, 3.8) is 0 Å². The van der Waals surface area contributed by atoms with E-state index >= 15 is 0 Å². The van der Waals surface area contributed by atoms with Gasteiger partial charge >= 0.3 is 0 Å². The third kappa shape index (κ3) is 4.81. The molecule has 1 aliphatic rings. The molecule has 4 aromatic rings. The number of carbonyl (C=O) groups is 1. The standard InChI is InChI=1S/C28H24FN3O2/c29-21-10-13-23-20(17-21)9-15-24-27(23)30-25(14-8-18-4-2-1-3-5-18)28(31-24)32-26(34)16-19-6-11-22(33)12-7-19/h1-7,10-13,17,33H,8-9,14-16H2,(H,31,32,34). The summed E-state index contributed by atoms with van der Waals surface area (Å²) in [5.41, 5.74) is 6.08. The van der Waals surface area contributed by atoms with Crippen LogP contribution in [0.15, 0.2) is 72.8 Å². The number of aromatic hydroxyl groups is 1. The molecule has 170 valence electrons. The number of halogens is 1. The van der Waals surface area contributed by atoms with Gasteiger partial charge in [0.05, 0.1) is 23.5 Å². The number of aromatic nitrogens is 2. The van der Waals surface area contributed by atoms with Crippen LogP contribution in [0.5, 0.6) is 5.75 Å². The summed E-state index contributed by atoms with van der Waals surface area (Å²) in [6, 6.07) is 21.5. The predicted octanol–water partition coefficient (Wildman–Crippen LogP) is 5.05. The molecule has 0 saturated carbocycles. The van der Waals surface area contributed by atoms with E-state index in [0.29, 0.717) is 30.8 Å². The maximum absolute atomic E-state index is 13.8. The molecule has 0 radical (unpaired) electrons. The maximum Gasteiger partial charge on any atom is 0.229 e. The molecule has 5 nitrogen and oxygen atoms in total. The summed E-state index contributed by atoms with van der Waals surface area (Å²) in [5, 5.41) is 12.4. The highest BCUT2D eigenvalue weighted by Gasteiger charge is 2.23. The number of carbonyl (C=O) groups excluding carboxylic acids is 1. The smallest absolute Gasteiger partial charge is 0.229 e. The molecule has 1 heterocycles. The van der Waals surface area contributed by atoms with Gasteiger partial charge in [0, 0.05) is 5.56 Å². The molecule has 1 aliphatic carbocycles. The molecule has 0 spiro atoms. The number of phenols is 1. The van der Waals surface area contributed by atoms with Crippen molar-refractivity contribution in [1.29, 1.82) is 0 Å². The van der Waals surface area contributed by atoms with Crippen LogP contribution in [0.25, 0.3) is 11.3 Å². The first-order valence-electron chi connectivity index (χ1n) is 11.4. The first kappa shape index (κ1) is 21.8. The lowest BCUT2D eigenvalue weighted by atomic mass is 9.91. The van der Waals surface area contributed by atoms with Crippen LogP contribution in [0.4, 0.5) is 10.2 Å². The SMILES string of the molecule is O=C(Cc1ccc(O)cc1)Nc1nc2c(nc1CCc1ccccc1)-c1ccc(F)cc1CC2. The molecule has 0 aliphatic heterocycles. The molecule has 1 aromatic heterocycles. The van der Waals surface area contributed by atoms with E-state index in [0.717, 1.165) is 34.5 Å². The molecule has 0 unspecified atom stereocenters. The number of anilines is 1. The largest absolute Gasteiger partial charge is 0.508 e. The fraction of sp³-hybridized carbons (Fsp3) is 0.179. The van der Waals surface area contributed by atoms with E-state index in [2.05, 4.69) is 17.4 Å². The molecule has 0 saturated heterocycles. The van der Waals surface area contributed by atoms with E-state index in [-0.39, 0.29) is 23.9 Å². The van der Waals surface area contributed by atoms with Crippen molar-refractivity contribution >= 4 is 11.7 Å². The Morgan fingerprint density at radius 3 is 2.50 bits per heavy atom. The van der Waals surface area contributed by atoms with Gasteiger partial charge in [-0.15, -0.1) is 0 Å². The zero-order chi connectivity index (χ0) is 23.5. The van der Waals surface area contributed by atoms with Gasteiger partial charge in [-0.2, -0.15) is 0 Å². The second kappa shape index (κ2) is 9.43. The van der Waals surface area contributed by atoms with Crippen LogP contribution in [-0.4, -0.2) is 21.0 Å². The summed E-state index contributed by atoms with van der Waals surface area (Å²) in [6.45, 7) is 0. The van der Waals surface area contributed by atoms with Gasteiger partial charge < -0.3 is 10.4 Å². The Balaban J connectivity index is 1.46. The highest BCUT2D eigenvalue weighted by molar-refractivity contribution is 5.92. The number of hydrogen-bond acceptors (Lipinski definition) is 4. The summed E-state index contributed by atoms with van der Waals surface area (Å²) < 4.78 is 13.8. The van der Waals surface area contributed by atoms with Gasteiger partial charge in [-0.1, -0.05) is 42.5 Å². The van der Waals surface area contributed by atoms with E-state index in [9.17, 15) is 14.3 Å². The van der Waals surface area contributed by atoms with E-state index in [1.54, 1.807) is 36.4 Å². The predicted molar refractivity (Wildman–Crippen MR) is 129 cm³/mol. The molecule has 34 heavy (non-hydrogen) atoms. The highest BCUT2D eigenvalue weighted by Crippen LogP contribution is 2.33. The Morgan fingerprint density at radius 2 is 1.71 bits per heavy atom. The van der Waals surface area contributed by atoms with Crippen LogP contribution < -0.4 is 5.32 Å². The van der Waals surface area contributed by atoms with Crippen LogP contribution >= 0.6 is 0 Å². The van der Waals surface area contributed by atoms with Crippen LogP contribution in [0.3, 0.4) is 0 Å². The topological polar surface area (TPSA) is 75.1 Å². The Kier molecular flexibility index (Phi) is 6.04. The van der Waals surface area contributed by atoms with Crippen molar-refractivity contribution in [3.05, 3.63) is 107 Å². The van der Waals surface area contributed by atoms with Gasteiger partial charge in [-0.05, 0) is 72.7 Å². The second-order valence-electron chi connectivity index (χ2n) is 8.49. The number of nitrogens with zero attached hydrogens (tertiary/aromatic N) is 2. The van der Waals surface area contributed by atoms with Crippen LogP contribution in [-0.2, 0) is 36.9 Å². The number of benzene rings is 3. The van der Waals surface area contributed by atoms with Gasteiger partial charge in [-0.3, -0.25) is 4.79 Å². The number of aryl methyl sites for hydroxylation is 4. The quantitative estimate of drug-likeness (QED) is 0.428. The molecule has 6 heteroatoms. The molecule has 2 N–H and O–H groups in total. The number of hydrogen-bond donors (Lipinski definition) is 2. The summed E-state index contributed by atoms with van der Waals surface area (Å²) in [7, 11) is 0. The van der Waals surface area contributed by atoms with E-state index < -0.39 is 0 Å². The summed E-state index contributed by atoms with van der Waals surface area (Å²) in [4.78, 5) is 22.6. The lowest BCUT2D eigenvalue weighted by molar-refractivity contribution is -0.115. The van der Waals surface area contributed by atoms with Crippen LogP contribution in [0.2, 0.25) is 0 Å². The van der Waals surface area contributed by atoms with Gasteiger partial charge in [0.1, 0.15) is 11.6 Å². The zero-order valence-corrected chi connectivity index (χ0v) is 18.6. The van der Waals surface area contributed by atoms with Gasteiger partial charge in [-0.25, -0.2) is 14.4 Å². The summed E-state index contributed by atoms with van der Waals surface area (Å²) >= 11 is 0. The molecule has 0 fully saturated rings. The van der Waals surface area contributed by atoms with Gasteiger partial charge in [0.2, 0.25) is 5.91 Å². The Bertz CT molecular complexity index is 1340. The number of phenolic OH excluding ortho intramolecular Hbond substituents is 1. The second-order valence-corrected chi connectivity index (χ2v) is 8.49. The third-order valence-electron chi connectivity index (χ3n) is 6.05. The minimum absolute atomic E-state index is 0.160. The minimum Gasteiger partial charge on any atom is -0.508 e. The maximum atomic E-state index is 13.8.